The van der Waals surface area contributed by atoms with E-state index in [1.807, 2.05) is 37.3 Å². The van der Waals surface area contributed by atoms with Gasteiger partial charge in [-0.3, -0.25) is 9.79 Å². The standard InChI is InChI=1S/C23H31FN4O.HI/c1-4-25-23(26-14-7-10-18-9-6-12-21(24)17-18)27-15-13-19-8-5-11-20(16-19)22(29)28(2)3;/h5-6,8-9,11-12,16-17H,4,7,10,13-15H2,1-3H3,(H2,25,26,27);1H. The number of hydrogen-bond acceptors (Lipinski definition) is 2. The predicted molar refractivity (Wildman–Crippen MR) is 132 cm³/mol. The van der Waals surface area contributed by atoms with Crippen LogP contribution in [0.2, 0.25) is 0 Å². The van der Waals surface area contributed by atoms with E-state index in [1.165, 1.54) is 6.07 Å². The van der Waals surface area contributed by atoms with Crippen LogP contribution in [-0.4, -0.2) is 50.5 Å². The summed E-state index contributed by atoms with van der Waals surface area (Å²) in [5, 5.41) is 6.57. The van der Waals surface area contributed by atoms with Crippen molar-refractivity contribution in [1.82, 2.24) is 15.5 Å². The number of halogens is 2. The van der Waals surface area contributed by atoms with Crippen LogP contribution in [0.3, 0.4) is 0 Å². The number of carbonyl (C=O) groups excluding carboxylic acids is 1. The van der Waals surface area contributed by atoms with Gasteiger partial charge in [0.1, 0.15) is 5.82 Å². The van der Waals surface area contributed by atoms with Crippen LogP contribution in [0.25, 0.3) is 0 Å². The first-order valence-electron chi connectivity index (χ1n) is 10.1. The molecule has 2 aromatic rings. The van der Waals surface area contributed by atoms with Gasteiger partial charge in [0, 0.05) is 39.3 Å². The van der Waals surface area contributed by atoms with Gasteiger partial charge in [-0.05, 0) is 61.6 Å². The molecule has 0 radical (unpaired) electrons. The third-order valence-electron chi connectivity index (χ3n) is 4.41. The lowest BCUT2D eigenvalue weighted by atomic mass is 10.1. The van der Waals surface area contributed by atoms with Crippen LogP contribution >= 0.6 is 24.0 Å². The van der Waals surface area contributed by atoms with E-state index in [0.717, 1.165) is 49.4 Å². The molecule has 0 aliphatic carbocycles. The molecule has 0 saturated heterocycles. The minimum Gasteiger partial charge on any atom is -0.357 e. The molecule has 0 spiro atoms. The fraction of sp³-hybridized carbons (Fsp3) is 0.391. The van der Waals surface area contributed by atoms with E-state index in [0.29, 0.717) is 12.1 Å². The van der Waals surface area contributed by atoms with Crippen LogP contribution in [0.4, 0.5) is 4.39 Å². The molecule has 2 N–H and O–H groups in total. The summed E-state index contributed by atoms with van der Waals surface area (Å²) < 4.78 is 13.2. The zero-order chi connectivity index (χ0) is 21.1. The van der Waals surface area contributed by atoms with Crippen LogP contribution in [-0.2, 0) is 12.8 Å². The first-order chi connectivity index (χ1) is 14.0. The summed E-state index contributed by atoms with van der Waals surface area (Å²) in [4.78, 5) is 18.3. The summed E-state index contributed by atoms with van der Waals surface area (Å²) in [6.45, 7) is 4.19. The zero-order valence-electron chi connectivity index (χ0n) is 18.0. The molecule has 2 rings (SSSR count). The van der Waals surface area contributed by atoms with Crippen molar-refractivity contribution in [3.63, 3.8) is 0 Å². The predicted octanol–water partition coefficient (Wildman–Crippen LogP) is 3.88. The number of guanidine groups is 1. The second-order valence-electron chi connectivity index (χ2n) is 7.07. The highest BCUT2D eigenvalue weighted by molar-refractivity contribution is 14.0. The summed E-state index contributed by atoms with van der Waals surface area (Å²) in [6, 6.07) is 14.4. The molecular formula is C23H32FIN4O. The highest BCUT2D eigenvalue weighted by Crippen LogP contribution is 2.08. The first kappa shape index (κ1) is 25.9. The van der Waals surface area contributed by atoms with E-state index in [9.17, 15) is 9.18 Å². The van der Waals surface area contributed by atoms with Crippen LogP contribution in [0.15, 0.2) is 53.5 Å². The Labute approximate surface area is 196 Å². The lowest BCUT2D eigenvalue weighted by molar-refractivity contribution is 0.0827. The molecule has 0 fully saturated rings. The van der Waals surface area contributed by atoms with Gasteiger partial charge in [-0.15, -0.1) is 24.0 Å². The van der Waals surface area contributed by atoms with Crippen molar-refractivity contribution in [2.75, 3.05) is 33.7 Å². The molecule has 7 heteroatoms. The lowest BCUT2D eigenvalue weighted by Gasteiger charge is -2.13. The van der Waals surface area contributed by atoms with Gasteiger partial charge >= 0.3 is 0 Å². The third-order valence-corrected chi connectivity index (χ3v) is 4.41. The maximum atomic E-state index is 13.2. The number of hydrogen-bond donors (Lipinski definition) is 2. The van der Waals surface area contributed by atoms with Gasteiger partial charge in [-0.2, -0.15) is 0 Å². The van der Waals surface area contributed by atoms with E-state index in [1.54, 1.807) is 31.1 Å². The molecule has 0 saturated carbocycles. The fourth-order valence-electron chi connectivity index (χ4n) is 2.95. The average Bonchev–Trinajstić information content (AvgIpc) is 2.70. The van der Waals surface area contributed by atoms with Gasteiger partial charge in [0.15, 0.2) is 5.96 Å². The summed E-state index contributed by atoms with van der Waals surface area (Å²) in [6.07, 6.45) is 2.45. The Hall–Kier alpha value is -2.16. The Morgan fingerprint density at radius 1 is 1.03 bits per heavy atom. The van der Waals surface area contributed by atoms with E-state index < -0.39 is 0 Å². The van der Waals surface area contributed by atoms with E-state index in [4.69, 9.17) is 0 Å². The van der Waals surface area contributed by atoms with Crippen molar-refractivity contribution in [3.05, 3.63) is 71.0 Å². The van der Waals surface area contributed by atoms with Gasteiger partial charge in [0.05, 0.1) is 0 Å². The number of aliphatic imine (C=N–C) groups is 1. The van der Waals surface area contributed by atoms with Crippen molar-refractivity contribution in [2.45, 2.75) is 26.2 Å². The van der Waals surface area contributed by atoms with Crippen molar-refractivity contribution in [2.24, 2.45) is 4.99 Å². The lowest BCUT2D eigenvalue weighted by Crippen LogP contribution is -2.38. The Balaban J connectivity index is 0.00000450. The van der Waals surface area contributed by atoms with Gasteiger partial charge in [-0.1, -0.05) is 24.3 Å². The van der Waals surface area contributed by atoms with Crippen LogP contribution in [0.1, 0.15) is 34.8 Å². The second kappa shape index (κ2) is 14.0. The number of carbonyl (C=O) groups is 1. The second-order valence-corrected chi connectivity index (χ2v) is 7.07. The van der Waals surface area contributed by atoms with Gasteiger partial charge in [0.2, 0.25) is 0 Å². The number of rotatable bonds is 9. The number of nitrogens with zero attached hydrogens (tertiary/aromatic N) is 2. The van der Waals surface area contributed by atoms with E-state index in [2.05, 4.69) is 15.6 Å². The number of aryl methyl sites for hydroxylation is 1. The van der Waals surface area contributed by atoms with Gasteiger partial charge in [0.25, 0.3) is 5.91 Å². The maximum Gasteiger partial charge on any atom is 0.253 e. The van der Waals surface area contributed by atoms with Crippen LogP contribution in [0, 0.1) is 5.82 Å². The van der Waals surface area contributed by atoms with E-state index in [-0.39, 0.29) is 35.7 Å². The third kappa shape index (κ3) is 9.11. The molecule has 0 aliphatic heterocycles. The fourth-order valence-corrected chi connectivity index (χ4v) is 2.95. The molecule has 0 aromatic heterocycles. The molecule has 30 heavy (non-hydrogen) atoms. The number of benzene rings is 2. The Morgan fingerprint density at radius 3 is 2.40 bits per heavy atom. The Bertz CT molecular complexity index is 826. The van der Waals surface area contributed by atoms with Crippen LogP contribution in [0.5, 0.6) is 0 Å². The summed E-state index contributed by atoms with van der Waals surface area (Å²) in [5.41, 5.74) is 2.79. The highest BCUT2D eigenvalue weighted by Gasteiger charge is 2.08. The summed E-state index contributed by atoms with van der Waals surface area (Å²) in [7, 11) is 3.51. The molecule has 2 aromatic carbocycles. The monoisotopic (exact) mass is 526 g/mol. The molecule has 164 valence electrons. The molecular weight excluding hydrogens is 494 g/mol. The quantitative estimate of drug-likeness (QED) is 0.226. The first-order valence-corrected chi connectivity index (χ1v) is 10.1. The largest absolute Gasteiger partial charge is 0.357 e. The zero-order valence-corrected chi connectivity index (χ0v) is 20.3. The van der Waals surface area contributed by atoms with Crippen molar-refractivity contribution >= 4 is 35.8 Å². The van der Waals surface area contributed by atoms with E-state index >= 15 is 0 Å². The van der Waals surface area contributed by atoms with Gasteiger partial charge < -0.3 is 15.5 Å². The number of amides is 1. The number of nitrogens with one attached hydrogen (secondary N) is 2. The normalized spacial score (nSPS) is 10.9. The Kier molecular flexibility index (Phi) is 12.0. The SMILES string of the molecule is CCNC(=NCCCc1cccc(F)c1)NCCc1cccc(C(=O)N(C)C)c1.I. The highest BCUT2D eigenvalue weighted by atomic mass is 127. The smallest absolute Gasteiger partial charge is 0.253 e. The molecule has 0 unspecified atom stereocenters. The summed E-state index contributed by atoms with van der Waals surface area (Å²) in [5.74, 6) is 0.581. The molecule has 1 amide bonds. The molecule has 0 atom stereocenters. The van der Waals surface area contributed by atoms with Crippen molar-refractivity contribution < 1.29 is 9.18 Å². The van der Waals surface area contributed by atoms with Crippen molar-refractivity contribution in [3.8, 4) is 0 Å². The Morgan fingerprint density at radius 2 is 1.73 bits per heavy atom. The molecule has 0 heterocycles. The van der Waals surface area contributed by atoms with Crippen LogP contribution < -0.4 is 10.6 Å². The minimum atomic E-state index is -0.197. The molecule has 0 bridgehead atoms. The average molecular weight is 526 g/mol. The maximum absolute atomic E-state index is 13.2. The minimum absolute atomic E-state index is 0. The topological polar surface area (TPSA) is 56.7 Å². The summed E-state index contributed by atoms with van der Waals surface area (Å²) >= 11 is 0. The molecule has 5 nitrogen and oxygen atoms in total. The molecule has 0 aliphatic rings. The van der Waals surface area contributed by atoms with Crippen molar-refractivity contribution in [1.29, 1.82) is 0 Å². The van der Waals surface area contributed by atoms with Gasteiger partial charge in [-0.25, -0.2) is 4.39 Å².